The number of sulfonamides is 1. The fourth-order valence-electron chi connectivity index (χ4n) is 3.56. The van der Waals surface area contributed by atoms with Crippen molar-refractivity contribution in [2.75, 3.05) is 26.2 Å². The van der Waals surface area contributed by atoms with E-state index in [1.165, 1.54) is 18.4 Å². The summed E-state index contributed by atoms with van der Waals surface area (Å²) >= 11 is 0. The second kappa shape index (κ2) is 6.62. The highest BCUT2D eigenvalue weighted by Crippen LogP contribution is 2.40. The summed E-state index contributed by atoms with van der Waals surface area (Å²) in [5, 5.41) is 3.29. The molecule has 0 bridgehead atoms. The van der Waals surface area contributed by atoms with E-state index in [9.17, 15) is 18.0 Å². The molecule has 2 saturated heterocycles. The Kier molecular flexibility index (Phi) is 5.29. The first-order valence-corrected chi connectivity index (χ1v) is 9.18. The van der Waals surface area contributed by atoms with Crippen molar-refractivity contribution in [3.63, 3.8) is 0 Å². The summed E-state index contributed by atoms with van der Waals surface area (Å²) in [5.41, 5.74) is -1.28. The Balaban J connectivity index is 0.00000208. The standard InChI is InChI=1S/C14H22N4O4S.ClH/c1-16-9-11(12(19)17(2)13(16)20)23(21,22)18-8-5-14(10-18)3-6-15-7-4-14;/h9,15H,3-8,10H2,1-2H3;1H. The molecule has 0 saturated carbocycles. The molecular weight excluding hydrogens is 356 g/mol. The van der Waals surface area contributed by atoms with Crippen LogP contribution in [0.3, 0.4) is 0 Å². The summed E-state index contributed by atoms with van der Waals surface area (Å²) in [6, 6.07) is 0. The Bertz CT molecular complexity index is 839. The maximum atomic E-state index is 12.9. The third kappa shape index (κ3) is 3.05. The van der Waals surface area contributed by atoms with E-state index < -0.39 is 21.3 Å². The number of nitrogens with one attached hydrogen (secondary N) is 1. The van der Waals surface area contributed by atoms with Crippen LogP contribution in [0, 0.1) is 5.41 Å². The van der Waals surface area contributed by atoms with E-state index >= 15 is 0 Å². The van der Waals surface area contributed by atoms with Gasteiger partial charge in [0.1, 0.15) is 0 Å². The molecule has 2 fully saturated rings. The van der Waals surface area contributed by atoms with Crippen LogP contribution < -0.4 is 16.6 Å². The Morgan fingerprint density at radius 1 is 1.12 bits per heavy atom. The van der Waals surface area contributed by atoms with Crippen molar-refractivity contribution in [3.05, 3.63) is 27.0 Å². The number of rotatable bonds is 2. The highest BCUT2D eigenvalue weighted by Gasteiger charge is 2.44. The van der Waals surface area contributed by atoms with Gasteiger partial charge in [0.2, 0.25) is 10.0 Å². The first-order chi connectivity index (χ1) is 10.8. The number of aromatic nitrogens is 2. The maximum Gasteiger partial charge on any atom is 0.330 e. The monoisotopic (exact) mass is 378 g/mol. The predicted molar refractivity (Wildman–Crippen MR) is 92.1 cm³/mol. The SMILES string of the molecule is Cl.Cn1cc(S(=O)(=O)N2CCC3(CCNCC3)C2)c(=O)n(C)c1=O. The van der Waals surface area contributed by atoms with Gasteiger partial charge < -0.3 is 9.88 Å². The molecule has 2 aliphatic rings. The van der Waals surface area contributed by atoms with Crippen LogP contribution in [0.2, 0.25) is 0 Å². The molecule has 0 atom stereocenters. The van der Waals surface area contributed by atoms with Gasteiger partial charge in [-0.05, 0) is 37.8 Å². The van der Waals surface area contributed by atoms with Gasteiger partial charge in [-0.2, -0.15) is 4.31 Å². The van der Waals surface area contributed by atoms with Crippen molar-refractivity contribution in [1.82, 2.24) is 18.8 Å². The summed E-state index contributed by atoms with van der Waals surface area (Å²) < 4.78 is 29.1. The van der Waals surface area contributed by atoms with E-state index in [-0.39, 0.29) is 22.7 Å². The van der Waals surface area contributed by atoms with Crippen LogP contribution in [0.15, 0.2) is 20.7 Å². The Hall–Kier alpha value is -1.16. The fraction of sp³-hybridized carbons (Fsp3) is 0.714. The fourth-order valence-corrected chi connectivity index (χ4v) is 5.26. The second-order valence-electron chi connectivity index (χ2n) is 6.59. The van der Waals surface area contributed by atoms with Crippen molar-refractivity contribution in [2.24, 2.45) is 19.5 Å². The molecular formula is C14H23ClN4O4S. The largest absolute Gasteiger partial charge is 0.330 e. The first kappa shape index (κ1) is 19.2. The Labute approximate surface area is 146 Å². The lowest BCUT2D eigenvalue weighted by atomic mass is 9.78. The van der Waals surface area contributed by atoms with E-state index in [4.69, 9.17) is 0 Å². The van der Waals surface area contributed by atoms with Crippen LogP contribution in [-0.4, -0.2) is 48.0 Å². The number of aryl methyl sites for hydroxylation is 1. The average Bonchev–Trinajstić information content (AvgIpc) is 2.93. The van der Waals surface area contributed by atoms with Gasteiger partial charge in [-0.15, -0.1) is 12.4 Å². The van der Waals surface area contributed by atoms with E-state index in [1.54, 1.807) is 0 Å². The summed E-state index contributed by atoms with van der Waals surface area (Å²) in [4.78, 5) is 23.7. The minimum absolute atomic E-state index is 0. The number of nitrogens with zero attached hydrogens (tertiary/aromatic N) is 3. The zero-order valence-electron chi connectivity index (χ0n) is 13.8. The Morgan fingerprint density at radius 2 is 1.75 bits per heavy atom. The summed E-state index contributed by atoms with van der Waals surface area (Å²) in [5.74, 6) is 0. The van der Waals surface area contributed by atoms with Gasteiger partial charge in [0.15, 0.2) is 4.90 Å². The third-order valence-corrected chi connectivity index (χ3v) is 6.93. The van der Waals surface area contributed by atoms with Gasteiger partial charge >= 0.3 is 5.69 Å². The van der Waals surface area contributed by atoms with Crippen LogP contribution in [0.4, 0.5) is 0 Å². The smallest absolute Gasteiger partial charge is 0.317 e. The molecule has 10 heteroatoms. The molecule has 1 aromatic rings. The van der Waals surface area contributed by atoms with Gasteiger partial charge in [-0.1, -0.05) is 0 Å². The number of hydrogen-bond acceptors (Lipinski definition) is 5. The number of hydrogen-bond donors (Lipinski definition) is 1. The first-order valence-electron chi connectivity index (χ1n) is 7.74. The molecule has 0 unspecified atom stereocenters. The van der Waals surface area contributed by atoms with Crippen molar-refractivity contribution in [2.45, 2.75) is 24.2 Å². The molecule has 0 radical (unpaired) electrons. The van der Waals surface area contributed by atoms with Crippen LogP contribution in [0.5, 0.6) is 0 Å². The van der Waals surface area contributed by atoms with Crippen LogP contribution >= 0.6 is 12.4 Å². The molecule has 2 aliphatic heterocycles. The average molecular weight is 379 g/mol. The zero-order chi connectivity index (χ0) is 16.8. The lowest BCUT2D eigenvalue weighted by molar-refractivity contribution is 0.218. The highest BCUT2D eigenvalue weighted by molar-refractivity contribution is 7.89. The molecule has 1 spiro atoms. The molecule has 0 aromatic carbocycles. The summed E-state index contributed by atoms with van der Waals surface area (Å²) in [6.07, 6.45) is 3.85. The molecule has 24 heavy (non-hydrogen) atoms. The second-order valence-corrected chi connectivity index (χ2v) is 8.50. The van der Waals surface area contributed by atoms with Gasteiger partial charge in [-0.3, -0.25) is 9.36 Å². The minimum Gasteiger partial charge on any atom is -0.317 e. The molecule has 0 aliphatic carbocycles. The quantitative estimate of drug-likeness (QED) is 0.732. The minimum atomic E-state index is -3.89. The van der Waals surface area contributed by atoms with Crippen molar-refractivity contribution in [3.8, 4) is 0 Å². The summed E-state index contributed by atoms with van der Waals surface area (Å²) in [6.45, 7) is 2.67. The van der Waals surface area contributed by atoms with Crippen molar-refractivity contribution < 1.29 is 8.42 Å². The molecule has 136 valence electrons. The van der Waals surface area contributed by atoms with Crippen LogP contribution in [-0.2, 0) is 24.1 Å². The van der Waals surface area contributed by atoms with Gasteiger partial charge in [0.25, 0.3) is 5.56 Å². The third-order valence-electron chi connectivity index (χ3n) is 5.10. The van der Waals surface area contributed by atoms with E-state index in [2.05, 4.69) is 5.32 Å². The van der Waals surface area contributed by atoms with Gasteiger partial charge in [-0.25, -0.2) is 13.2 Å². The van der Waals surface area contributed by atoms with Crippen LogP contribution in [0.1, 0.15) is 19.3 Å². The topological polar surface area (TPSA) is 93.4 Å². The Morgan fingerprint density at radius 3 is 2.38 bits per heavy atom. The van der Waals surface area contributed by atoms with Crippen molar-refractivity contribution in [1.29, 1.82) is 0 Å². The maximum absolute atomic E-state index is 12.9. The summed E-state index contributed by atoms with van der Waals surface area (Å²) in [7, 11) is -1.15. The number of piperidine rings is 1. The normalized spacial score (nSPS) is 20.9. The van der Waals surface area contributed by atoms with Crippen LogP contribution in [0.25, 0.3) is 0 Å². The molecule has 0 amide bonds. The molecule has 1 N–H and O–H groups in total. The van der Waals surface area contributed by atoms with Crippen molar-refractivity contribution >= 4 is 22.4 Å². The zero-order valence-corrected chi connectivity index (χ0v) is 15.5. The lowest BCUT2D eigenvalue weighted by Gasteiger charge is -2.33. The molecule has 8 nitrogen and oxygen atoms in total. The van der Waals surface area contributed by atoms with E-state index in [1.807, 2.05) is 0 Å². The predicted octanol–water partition coefficient (Wildman–Crippen LogP) is -0.730. The highest BCUT2D eigenvalue weighted by atomic mass is 35.5. The van der Waals surface area contributed by atoms with Gasteiger partial charge in [0.05, 0.1) is 0 Å². The van der Waals surface area contributed by atoms with Gasteiger partial charge in [0, 0.05) is 33.4 Å². The lowest BCUT2D eigenvalue weighted by Crippen LogP contribution is -2.43. The van der Waals surface area contributed by atoms with E-state index in [0.29, 0.717) is 13.1 Å². The molecule has 3 heterocycles. The molecule has 3 rings (SSSR count). The molecule has 1 aromatic heterocycles. The number of halogens is 1. The van der Waals surface area contributed by atoms with E-state index in [0.717, 1.165) is 47.7 Å².